The molecule has 1 unspecified atom stereocenters. The third kappa shape index (κ3) is 3.13. The minimum absolute atomic E-state index is 0.00644. The van der Waals surface area contributed by atoms with Crippen LogP contribution in [0.1, 0.15) is 34.8 Å². The van der Waals surface area contributed by atoms with Crippen LogP contribution in [0.15, 0.2) is 54.6 Å². The Hall–Kier alpha value is -3.21. The number of amides is 1. The number of methoxy groups -OCH3 is 2. The van der Waals surface area contributed by atoms with Crippen LogP contribution in [-0.4, -0.2) is 36.7 Å². The zero-order valence-electron chi connectivity index (χ0n) is 16.0. The highest BCUT2D eigenvalue weighted by molar-refractivity contribution is 6.01. The maximum Gasteiger partial charge on any atom is 0.258 e. The van der Waals surface area contributed by atoms with Gasteiger partial charge in [-0.1, -0.05) is 24.3 Å². The van der Waals surface area contributed by atoms with E-state index in [1.165, 1.54) is 0 Å². The molecule has 5 heteroatoms. The van der Waals surface area contributed by atoms with Gasteiger partial charge < -0.3 is 19.5 Å². The number of fused-ring (bicyclic) bond motifs is 1. The molecule has 4 rings (SSSR count). The summed E-state index contributed by atoms with van der Waals surface area (Å²) in [5.41, 5.74) is 1.25. The van der Waals surface area contributed by atoms with E-state index < -0.39 is 0 Å². The van der Waals surface area contributed by atoms with Crippen molar-refractivity contribution in [3.8, 4) is 17.2 Å². The second kappa shape index (κ2) is 7.43. The lowest BCUT2D eigenvalue weighted by atomic mass is 10.0. The zero-order valence-corrected chi connectivity index (χ0v) is 16.0. The van der Waals surface area contributed by atoms with Gasteiger partial charge in [-0.25, -0.2) is 0 Å². The molecule has 0 radical (unpaired) electrons. The highest BCUT2D eigenvalue weighted by Gasteiger charge is 2.33. The topological polar surface area (TPSA) is 59.0 Å². The van der Waals surface area contributed by atoms with Crippen molar-refractivity contribution in [3.63, 3.8) is 0 Å². The molecule has 1 amide bonds. The van der Waals surface area contributed by atoms with Gasteiger partial charge in [-0.3, -0.25) is 4.79 Å². The molecule has 0 bridgehead atoms. The van der Waals surface area contributed by atoms with Crippen LogP contribution in [0, 0.1) is 0 Å². The number of carbonyl (C=O) groups is 1. The number of phenolic OH excluding ortho intramolecular Hbond substituents is 1. The van der Waals surface area contributed by atoms with Crippen molar-refractivity contribution in [1.82, 2.24) is 4.90 Å². The minimum Gasteiger partial charge on any atom is -0.507 e. The fraction of sp³-hybridized carbons (Fsp3) is 0.261. The van der Waals surface area contributed by atoms with Gasteiger partial charge in [-0.05, 0) is 53.9 Å². The number of rotatable bonds is 4. The largest absolute Gasteiger partial charge is 0.507 e. The fourth-order valence-electron chi connectivity index (χ4n) is 3.99. The third-order valence-corrected chi connectivity index (χ3v) is 5.40. The van der Waals surface area contributed by atoms with Crippen molar-refractivity contribution < 1.29 is 19.4 Å². The van der Waals surface area contributed by atoms with Gasteiger partial charge in [-0.2, -0.15) is 0 Å². The Morgan fingerprint density at radius 1 is 1.04 bits per heavy atom. The Kier molecular flexibility index (Phi) is 4.82. The van der Waals surface area contributed by atoms with E-state index in [4.69, 9.17) is 9.47 Å². The van der Waals surface area contributed by atoms with Crippen LogP contribution in [0.25, 0.3) is 10.8 Å². The molecular formula is C23H23NO4. The van der Waals surface area contributed by atoms with Gasteiger partial charge in [0, 0.05) is 12.1 Å². The molecule has 3 aromatic carbocycles. The molecule has 1 N–H and O–H groups in total. The average Bonchev–Trinajstić information content (AvgIpc) is 3.22. The summed E-state index contributed by atoms with van der Waals surface area (Å²) < 4.78 is 10.9. The molecule has 0 saturated carbocycles. The van der Waals surface area contributed by atoms with Crippen molar-refractivity contribution in [1.29, 1.82) is 0 Å². The predicted octanol–water partition coefficient (Wildman–Crippen LogP) is 4.54. The molecule has 0 aromatic heterocycles. The van der Waals surface area contributed by atoms with Crippen molar-refractivity contribution in [2.24, 2.45) is 0 Å². The van der Waals surface area contributed by atoms with Gasteiger partial charge >= 0.3 is 0 Å². The SMILES string of the molecule is COc1ccc(OC)c(C2CCCN2C(=O)c2cc3ccccc3cc2O)c1. The van der Waals surface area contributed by atoms with E-state index in [0.29, 0.717) is 12.1 Å². The number of carbonyl (C=O) groups excluding carboxylic acids is 1. The van der Waals surface area contributed by atoms with Gasteiger partial charge in [0.1, 0.15) is 17.2 Å². The first kappa shape index (κ1) is 18.2. The van der Waals surface area contributed by atoms with E-state index >= 15 is 0 Å². The van der Waals surface area contributed by atoms with Crippen molar-refractivity contribution in [2.75, 3.05) is 20.8 Å². The first-order valence-electron chi connectivity index (χ1n) is 9.37. The predicted molar refractivity (Wildman–Crippen MR) is 108 cm³/mol. The molecule has 0 aliphatic carbocycles. The number of hydrogen-bond donors (Lipinski definition) is 1. The molecule has 1 heterocycles. The highest BCUT2D eigenvalue weighted by Crippen LogP contribution is 2.40. The molecule has 1 saturated heterocycles. The zero-order chi connectivity index (χ0) is 19.7. The Balaban J connectivity index is 1.73. The van der Waals surface area contributed by atoms with E-state index in [1.54, 1.807) is 26.4 Å². The lowest BCUT2D eigenvalue weighted by Gasteiger charge is -2.27. The number of benzene rings is 3. The maximum atomic E-state index is 13.3. The Morgan fingerprint density at radius 2 is 1.79 bits per heavy atom. The highest BCUT2D eigenvalue weighted by atomic mass is 16.5. The van der Waals surface area contributed by atoms with Crippen molar-refractivity contribution >= 4 is 16.7 Å². The molecule has 0 spiro atoms. The summed E-state index contributed by atoms with van der Waals surface area (Å²) in [4.78, 5) is 15.2. The molecule has 1 fully saturated rings. The first-order valence-corrected chi connectivity index (χ1v) is 9.37. The van der Waals surface area contributed by atoms with Crippen LogP contribution in [0.4, 0.5) is 0 Å². The van der Waals surface area contributed by atoms with Gasteiger partial charge in [-0.15, -0.1) is 0 Å². The summed E-state index contributed by atoms with van der Waals surface area (Å²) in [5, 5.41) is 12.3. The molecule has 3 aromatic rings. The van der Waals surface area contributed by atoms with Gasteiger partial charge in [0.15, 0.2) is 0 Å². The summed E-state index contributed by atoms with van der Waals surface area (Å²) in [6.45, 7) is 0.635. The molecule has 1 aliphatic heterocycles. The Morgan fingerprint density at radius 3 is 2.50 bits per heavy atom. The van der Waals surface area contributed by atoms with Crippen LogP contribution in [-0.2, 0) is 0 Å². The summed E-state index contributed by atoms with van der Waals surface area (Å²) >= 11 is 0. The Labute approximate surface area is 164 Å². The Bertz CT molecular complexity index is 1030. The number of phenols is 1. The number of nitrogens with zero attached hydrogens (tertiary/aromatic N) is 1. The summed E-state index contributed by atoms with van der Waals surface area (Å²) in [5.74, 6) is 1.29. The van der Waals surface area contributed by atoms with Gasteiger partial charge in [0.2, 0.25) is 0 Å². The molecular weight excluding hydrogens is 354 g/mol. The van der Waals surface area contributed by atoms with E-state index in [0.717, 1.165) is 40.7 Å². The van der Waals surface area contributed by atoms with Crippen LogP contribution in [0.5, 0.6) is 17.2 Å². The third-order valence-electron chi connectivity index (χ3n) is 5.40. The molecule has 144 valence electrons. The van der Waals surface area contributed by atoms with Crippen LogP contribution in [0.2, 0.25) is 0 Å². The number of ether oxygens (including phenoxy) is 2. The van der Waals surface area contributed by atoms with Crippen molar-refractivity contribution in [3.05, 3.63) is 65.7 Å². The lowest BCUT2D eigenvalue weighted by Crippen LogP contribution is -2.30. The van der Waals surface area contributed by atoms with E-state index in [-0.39, 0.29) is 17.7 Å². The van der Waals surface area contributed by atoms with Crippen LogP contribution < -0.4 is 9.47 Å². The number of hydrogen-bond acceptors (Lipinski definition) is 4. The summed E-state index contributed by atoms with van der Waals surface area (Å²) in [6.07, 6.45) is 1.73. The molecule has 1 atom stereocenters. The first-order chi connectivity index (χ1) is 13.6. The average molecular weight is 377 g/mol. The molecule has 5 nitrogen and oxygen atoms in total. The number of aromatic hydroxyl groups is 1. The summed E-state index contributed by atoms with van der Waals surface area (Å²) in [7, 11) is 3.25. The van der Waals surface area contributed by atoms with E-state index in [2.05, 4.69) is 0 Å². The number of likely N-dealkylation sites (tertiary alicyclic amines) is 1. The molecule has 28 heavy (non-hydrogen) atoms. The van der Waals surface area contributed by atoms with Gasteiger partial charge in [0.25, 0.3) is 5.91 Å². The second-order valence-electron chi connectivity index (χ2n) is 6.98. The second-order valence-corrected chi connectivity index (χ2v) is 6.98. The summed E-state index contributed by atoms with van der Waals surface area (Å²) in [6, 6.07) is 16.6. The lowest BCUT2D eigenvalue weighted by molar-refractivity contribution is 0.0731. The normalized spacial score (nSPS) is 16.4. The fourth-order valence-corrected chi connectivity index (χ4v) is 3.99. The van der Waals surface area contributed by atoms with Crippen LogP contribution >= 0.6 is 0 Å². The quantitative estimate of drug-likeness (QED) is 0.725. The van der Waals surface area contributed by atoms with Crippen LogP contribution in [0.3, 0.4) is 0 Å². The monoisotopic (exact) mass is 377 g/mol. The standard InChI is InChI=1S/C23H23NO4/c1-27-17-9-10-22(28-2)18(14-17)20-8-5-11-24(20)23(26)19-12-15-6-3-4-7-16(15)13-21(19)25/h3-4,6-7,9-10,12-14,20,25H,5,8,11H2,1-2H3. The van der Waals surface area contributed by atoms with Crippen molar-refractivity contribution in [2.45, 2.75) is 18.9 Å². The van der Waals surface area contributed by atoms with E-state index in [1.807, 2.05) is 47.4 Å². The van der Waals surface area contributed by atoms with Gasteiger partial charge in [0.05, 0.1) is 25.8 Å². The van der Waals surface area contributed by atoms with E-state index in [9.17, 15) is 9.90 Å². The smallest absolute Gasteiger partial charge is 0.258 e. The minimum atomic E-state index is -0.171. The molecule has 1 aliphatic rings. The maximum absolute atomic E-state index is 13.3.